The monoisotopic (exact) mass is 1320 g/mol. The Kier molecular flexibility index (Phi) is 20.1. The number of piperidine rings is 2. The summed E-state index contributed by atoms with van der Waals surface area (Å²) in [4.78, 5) is 17.8. The van der Waals surface area contributed by atoms with E-state index in [0.717, 1.165) is 139 Å². The van der Waals surface area contributed by atoms with Crippen molar-refractivity contribution in [2.24, 2.45) is 10.9 Å². The van der Waals surface area contributed by atoms with E-state index < -0.39 is 23.2 Å². The number of unbranched alkanes of at least 4 members (excludes halogenated alkanes) is 1. The molecule has 13 nitrogen and oxygen atoms in total. The van der Waals surface area contributed by atoms with Gasteiger partial charge in [0.1, 0.15) is 29.5 Å². The number of thiophene rings is 1. The molecule has 7 aliphatic rings. The summed E-state index contributed by atoms with van der Waals surface area (Å²) in [5, 5.41) is 57.2. The Morgan fingerprint density at radius 2 is 1.56 bits per heavy atom. The fraction of sp³-hybridized carbons (Fsp3) is 0.385. The molecule has 7 aromatic carbocycles. The minimum absolute atomic E-state index is 0.0819. The third-order valence-electron chi connectivity index (χ3n) is 20.6. The first kappa shape index (κ1) is 65.3. The molecule has 9 aromatic rings. The minimum atomic E-state index is -0.884. The molecule has 2 saturated heterocycles. The number of fused-ring (bicyclic) bond motifs is 4. The van der Waals surface area contributed by atoms with Crippen LogP contribution in [0.3, 0.4) is 0 Å². The number of aliphatic hydroxyl groups is 2. The van der Waals surface area contributed by atoms with Gasteiger partial charge in [-0.05, 0) is 204 Å². The molecule has 16 heteroatoms. The highest BCUT2D eigenvalue weighted by Crippen LogP contribution is 2.65. The van der Waals surface area contributed by atoms with E-state index in [2.05, 4.69) is 135 Å². The van der Waals surface area contributed by atoms with E-state index in [0.29, 0.717) is 34.4 Å². The van der Waals surface area contributed by atoms with Crippen molar-refractivity contribution in [3.8, 4) is 23.0 Å². The molecule has 1 spiro atoms. The van der Waals surface area contributed by atoms with E-state index in [4.69, 9.17) is 37.7 Å². The number of aliphatic hydroxyl groups excluding tert-OH is 1. The average molecular weight is 1320 g/mol. The number of likely N-dealkylation sites (tertiary alicyclic amines) is 2. The number of benzene rings is 7. The third-order valence-corrected chi connectivity index (χ3v) is 22.0. The zero-order chi connectivity index (χ0) is 64.9. The van der Waals surface area contributed by atoms with Crippen LogP contribution in [-0.2, 0) is 18.4 Å². The molecular weight excluding hydrogens is 1230 g/mol. The third kappa shape index (κ3) is 13.3. The molecule has 2 saturated carbocycles. The van der Waals surface area contributed by atoms with E-state index >= 15 is 0 Å². The lowest BCUT2D eigenvalue weighted by Crippen LogP contribution is -2.77. The molecule has 4 aliphatic heterocycles. The Morgan fingerprint density at radius 3 is 2.36 bits per heavy atom. The molecule has 16 rings (SSSR count). The maximum absolute atomic E-state index is 12.1. The molecule has 2 aromatic heterocycles. The van der Waals surface area contributed by atoms with Gasteiger partial charge in [0, 0.05) is 97.9 Å². The van der Waals surface area contributed by atoms with Gasteiger partial charge in [0.25, 0.3) is 0 Å². The van der Waals surface area contributed by atoms with Crippen molar-refractivity contribution in [3.05, 3.63) is 200 Å². The second kappa shape index (κ2) is 28.9. The van der Waals surface area contributed by atoms with Crippen molar-refractivity contribution in [3.63, 3.8) is 0 Å². The Morgan fingerprint density at radius 1 is 0.777 bits per heavy atom. The highest BCUT2D eigenvalue weighted by atomic mass is 35.5. The van der Waals surface area contributed by atoms with Crippen LogP contribution in [0.25, 0.3) is 21.7 Å². The lowest BCUT2D eigenvalue weighted by Gasteiger charge is -2.64. The van der Waals surface area contributed by atoms with E-state index in [1.54, 1.807) is 29.7 Å². The van der Waals surface area contributed by atoms with Crippen LogP contribution in [0.5, 0.6) is 23.0 Å². The quantitative estimate of drug-likeness (QED) is 0.0574. The first-order valence-corrected chi connectivity index (χ1v) is 35.7. The first-order chi connectivity index (χ1) is 45.8. The van der Waals surface area contributed by atoms with Gasteiger partial charge in [0.05, 0.1) is 34.0 Å². The number of aromatic hydroxyl groups is 2. The van der Waals surface area contributed by atoms with Gasteiger partial charge in [-0.2, -0.15) is 0 Å². The number of para-hydroxylation sites is 1. The number of nitrogens with zero attached hydrogens (tertiary/aromatic N) is 5. The van der Waals surface area contributed by atoms with Crippen molar-refractivity contribution in [2.45, 2.75) is 146 Å². The number of aromatic nitrogens is 1. The number of phenols is 2. The molecule has 2 bridgehead atoms. The summed E-state index contributed by atoms with van der Waals surface area (Å²) in [5.74, 6) is 3.79. The minimum Gasteiger partial charge on any atom is -0.508 e. The Hall–Kier alpha value is -7.40. The van der Waals surface area contributed by atoms with Crippen LogP contribution in [0.1, 0.15) is 131 Å². The molecule has 0 radical (unpaired) electrons. The van der Waals surface area contributed by atoms with Gasteiger partial charge >= 0.3 is 0 Å². The normalized spacial score (nSPS) is 21.8. The maximum Gasteiger partial charge on any atom is 0.165 e. The predicted molar refractivity (Wildman–Crippen MR) is 384 cm³/mol. The fourth-order valence-corrected chi connectivity index (χ4v) is 16.5. The molecule has 6 N–H and O–H groups in total. The van der Waals surface area contributed by atoms with Gasteiger partial charge in [0.15, 0.2) is 11.5 Å². The SMILES string of the molecule is CCCC[C@H](Oc1cccc2ccccc12)c1cccs1.CCN(CC)Cc1cc(Nc2ccnc3cc(Cl)ccc23)ccc1O.Clc1ccc2c(c1)N=C(N1CCCCC1)c1ccccc1N2.Oc1ccc2c3c1O[C@H]1[C@@H](O)CC[C@@]4(O)[C@@H](C2)N(CC2CCC2)CC[C@]314. The molecule has 6 heterocycles. The number of pyridine rings is 1. The fourth-order valence-electron chi connectivity index (χ4n) is 15.4. The van der Waals surface area contributed by atoms with Gasteiger partial charge in [-0.3, -0.25) is 14.8 Å². The van der Waals surface area contributed by atoms with E-state index in [-0.39, 0.29) is 17.9 Å². The standard InChI is InChI=1S/C21H27NO4.C20H22ClN3O.C19H20OS.C18H18ClN3/c23-14-5-4-13-10-16-21(25)7-6-15(24)19-20(21,17(13)18(14)26-19)8-9-22(16)11-12-2-1-3-12;1-3-24(4-2)13-14-11-16(6-8-20(14)25)23-18-9-10-22-19-12-15(21)5-7-17(18)19;1-2-3-11-18(19-13-7-14-21-19)20-17-12-6-9-15-8-4-5-10-16(15)17;19-13-8-9-16-17(12-13)21-18(22-10-4-1-5-11-22)14-6-2-3-7-15(14)20-16/h4-5,12,15-16,19,23-25H,1-3,6-11H2;5-12,25H,3-4,13H2,1-2H3,(H,22,23);4-10,12-14,18H,2-3,11H2,1H3;2-3,6-9,12,20H,1,4-5,10-11H2/t15-,16+,19-,20-,21+;;18-;/m0.0./s1. The summed E-state index contributed by atoms with van der Waals surface area (Å²) in [5.41, 5.74) is 8.54. The molecule has 4 fully saturated rings. The molecule has 0 unspecified atom stereocenters. The number of hydrogen-bond acceptors (Lipinski definition) is 14. The number of halogens is 2. The number of nitrogens with one attached hydrogen (secondary N) is 2. The number of amidine groups is 1. The lowest BCUT2D eigenvalue weighted by atomic mass is 9.48. The molecule has 94 heavy (non-hydrogen) atoms. The Balaban J connectivity index is 0.000000114. The maximum atomic E-state index is 12.1. The second-order valence-corrected chi connectivity index (χ2v) is 28.1. The van der Waals surface area contributed by atoms with Crippen molar-refractivity contribution in [2.75, 3.05) is 49.9 Å². The van der Waals surface area contributed by atoms with Crippen molar-refractivity contribution in [1.82, 2.24) is 19.7 Å². The van der Waals surface area contributed by atoms with Crippen LogP contribution in [0, 0.1) is 5.92 Å². The van der Waals surface area contributed by atoms with Gasteiger partial charge in [-0.15, -0.1) is 11.3 Å². The summed E-state index contributed by atoms with van der Waals surface area (Å²) in [6.45, 7) is 13.2. The van der Waals surface area contributed by atoms with E-state index in [1.807, 2.05) is 60.7 Å². The smallest absolute Gasteiger partial charge is 0.165 e. The number of ether oxygens (including phenoxy) is 2. The van der Waals surface area contributed by atoms with Crippen molar-refractivity contribution >= 4 is 90.5 Å². The topological polar surface area (TPSA) is 158 Å². The number of rotatable bonds is 14. The second-order valence-electron chi connectivity index (χ2n) is 26.3. The molecule has 0 amide bonds. The first-order valence-electron chi connectivity index (χ1n) is 34.0. The van der Waals surface area contributed by atoms with Crippen molar-refractivity contribution in [1.29, 1.82) is 0 Å². The van der Waals surface area contributed by atoms with Gasteiger partial charge in [-0.25, -0.2) is 4.99 Å². The van der Waals surface area contributed by atoms with Crippen LogP contribution in [-0.4, -0.2) is 109 Å². The van der Waals surface area contributed by atoms with E-state index in [9.17, 15) is 20.4 Å². The van der Waals surface area contributed by atoms with Crippen LogP contribution in [0.15, 0.2) is 168 Å². The molecular formula is C78H87Cl2N7O6S. The average Bonchev–Trinajstić information content (AvgIpc) is 1.41. The van der Waals surface area contributed by atoms with E-state index in [1.165, 1.54) is 72.6 Å². The zero-order valence-electron chi connectivity index (χ0n) is 54.1. The Labute approximate surface area is 567 Å². The number of phenolic OH excluding ortho intramolecular Hbond substituents is 2. The summed E-state index contributed by atoms with van der Waals surface area (Å²) in [6.07, 6.45) is 14.8. The molecule has 6 atom stereocenters. The lowest BCUT2D eigenvalue weighted by molar-refractivity contribution is -0.209. The number of aliphatic imine (C=N–C) groups is 1. The van der Waals surface area contributed by atoms with Gasteiger partial charge < -0.3 is 45.4 Å². The largest absolute Gasteiger partial charge is 0.508 e. The van der Waals surface area contributed by atoms with Crippen LogP contribution in [0.2, 0.25) is 10.0 Å². The zero-order valence-corrected chi connectivity index (χ0v) is 56.5. The number of hydrogen-bond donors (Lipinski definition) is 6. The summed E-state index contributed by atoms with van der Waals surface area (Å²) < 4.78 is 12.5. The summed E-state index contributed by atoms with van der Waals surface area (Å²) >= 11 is 14.0. The highest BCUT2D eigenvalue weighted by Gasteiger charge is 2.73. The van der Waals surface area contributed by atoms with Crippen LogP contribution in [0.4, 0.5) is 28.4 Å². The summed E-state index contributed by atoms with van der Waals surface area (Å²) in [7, 11) is 0. The number of anilines is 4. The van der Waals surface area contributed by atoms with Gasteiger partial charge in [0.2, 0.25) is 0 Å². The Bertz CT molecular complexity index is 4130. The molecule has 490 valence electrons. The highest BCUT2D eigenvalue weighted by molar-refractivity contribution is 7.10. The van der Waals surface area contributed by atoms with Crippen LogP contribution >= 0.6 is 34.5 Å². The van der Waals surface area contributed by atoms with Crippen molar-refractivity contribution < 1.29 is 29.9 Å². The molecule has 3 aliphatic carbocycles. The van der Waals surface area contributed by atoms with Gasteiger partial charge in [-0.1, -0.05) is 117 Å². The predicted octanol–water partition coefficient (Wildman–Crippen LogP) is 18.1. The van der Waals surface area contributed by atoms with Crippen LogP contribution < -0.4 is 20.1 Å². The summed E-state index contributed by atoms with van der Waals surface area (Å²) in [6, 6.07) is 50.2.